The van der Waals surface area contributed by atoms with Gasteiger partial charge in [-0.15, -0.1) is 13.2 Å². The van der Waals surface area contributed by atoms with Crippen LogP contribution in [0.2, 0.25) is 18.1 Å². The lowest BCUT2D eigenvalue weighted by Gasteiger charge is -2.36. The van der Waals surface area contributed by atoms with Crippen LogP contribution in [-0.4, -0.2) is 19.4 Å². The van der Waals surface area contributed by atoms with Gasteiger partial charge in [0.05, 0.1) is 5.52 Å². The van der Waals surface area contributed by atoms with Crippen molar-refractivity contribution in [3.8, 4) is 16.9 Å². The number of fused-ring (bicyclic) bond motifs is 1. The van der Waals surface area contributed by atoms with E-state index < -0.39 is 14.4 Å². The number of hydrogen-bond donors (Lipinski definition) is 0. The van der Waals surface area contributed by atoms with Gasteiger partial charge in [0.2, 0.25) is 0 Å². The second kappa shape index (κ2) is 6.92. The summed E-state index contributed by atoms with van der Waals surface area (Å²) in [5, 5.41) is 2.18. The Kier molecular flexibility index (Phi) is 5.04. The molecule has 3 rings (SSSR count). The maximum atomic E-state index is 12.4. The van der Waals surface area contributed by atoms with Gasteiger partial charge in [0.1, 0.15) is 13.8 Å². The van der Waals surface area contributed by atoms with Gasteiger partial charge in [0.15, 0.2) is 0 Å². The molecule has 0 saturated heterocycles. The van der Waals surface area contributed by atoms with E-state index in [0.29, 0.717) is 0 Å². The predicted octanol–water partition coefficient (Wildman–Crippen LogP) is 6.52. The fourth-order valence-corrected chi connectivity index (χ4v) is 4.63. The molecule has 1 aromatic heterocycles. The summed E-state index contributed by atoms with van der Waals surface area (Å²) in [7, 11) is -1.89. The minimum Gasteiger partial charge on any atom is -0.406 e. The molecule has 0 fully saturated rings. The molecule has 28 heavy (non-hydrogen) atoms. The Bertz CT molecular complexity index is 989. The Morgan fingerprint density at radius 2 is 1.50 bits per heavy atom. The molecule has 0 aliphatic carbocycles. The first-order chi connectivity index (χ1) is 12.9. The lowest BCUT2D eigenvalue weighted by atomic mass is 10.0. The molecule has 0 N–H and O–H groups in total. The summed E-state index contributed by atoms with van der Waals surface area (Å²) in [5.41, 5.74) is 2.72. The Balaban J connectivity index is 2.15. The van der Waals surface area contributed by atoms with Crippen LogP contribution >= 0.6 is 0 Å². The Morgan fingerprint density at radius 1 is 0.893 bits per heavy atom. The molecule has 0 spiro atoms. The van der Waals surface area contributed by atoms with E-state index in [0.717, 1.165) is 27.3 Å². The molecule has 0 atom stereocenters. The first-order valence-electron chi connectivity index (χ1n) is 9.15. The largest absolute Gasteiger partial charge is 0.573 e. The number of halogens is 3. The van der Waals surface area contributed by atoms with Crippen molar-refractivity contribution in [1.82, 2.24) is 4.98 Å². The molecule has 0 saturated carbocycles. The SMILES string of the molecule is CC(C)(C)[Si](C)(C)c1cc(-c2ccc(OC(F)(F)F)cc2)c2ccccc2n1. The molecule has 2 nitrogen and oxygen atoms in total. The van der Waals surface area contributed by atoms with Crippen LogP contribution in [0.25, 0.3) is 22.0 Å². The van der Waals surface area contributed by atoms with E-state index in [1.807, 2.05) is 24.3 Å². The van der Waals surface area contributed by atoms with Crippen LogP contribution in [0.3, 0.4) is 0 Å². The number of alkyl halides is 3. The summed E-state index contributed by atoms with van der Waals surface area (Å²) in [6.45, 7) is 11.3. The molecule has 1 heterocycles. The van der Waals surface area contributed by atoms with Gasteiger partial charge < -0.3 is 4.74 Å². The van der Waals surface area contributed by atoms with E-state index in [1.165, 1.54) is 12.1 Å². The summed E-state index contributed by atoms with van der Waals surface area (Å²) in [5.74, 6) is -0.223. The smallest absolute Gasteiger partial charge is 0.406 e. The van der Waals surface area contributed by atoms with Crippen LogP contribution in [0.4, 0.5) is 13.2 Å². The molecule has 0 amide bonds. The summed E-state index contributed by atoms with van der Waals surface area (Å²) < 4.78 is 41.3. The predicted molar refractivity (Wildman–Crippen MR) is 111 cm³/mol. The average molecular weight is 404 g/mol. The van der Waals surface area contributed by atoms with Crippen LogP contribution in [0.1, 0.15) is 20.8 Å². The van der Waals surface area contributed by atoms with Crippen molar-refractivity contribution in [2.24, 2.45) is 0 Å². The highest BCUT2D eigenvalue weighted by Gasteiger charge is 2.38. The number of hydrogen-bond acceptors (Lipinski definition) is 2. The van der Waals surface area contributed by atoms with Crippen molar-refractivity contribution in [2.75, 3.05) is 0 Å². The zero-order chi connectivity index (χ0) is 20.7. The Hall–Kier alpha value is -2.34. The van der Waals surface area contributed by atoms with Gasteiger partial charge in [0, 0.05) is 10.7 Å². The molecular weight excluding hydrogens is 379 g/mol. The van der Waals surface area contributed by atoms with Gasteiger partial charge >= 0.3 is 6.36 Å². The zero-order valence-corrected chi connectivity index (χ0v) is 17.7. The number of para-hydroxylation sites is 1. The number of aromatic nitrogens is 1. The van der Waals surface area contributed by atoms with E-state index in [-0.39, 0.29) is 10.8 Å². The minimum absolute atomic E-state index is 0.115. The van der Waals surface area contributed by atoms with Gasteiger partial charge in [-0.05, 0) is 40.4 Å². The van der Waals surface area contributed by atoms with E-state index in [1.54, 1.807) is 12.1 Å². The lowest BCUT2D eigenvalue weighted by Crippen LogP contribution is -2.51. The fourth-order valence-electron chi connectivity index (χ4n) is 2.95. The van der Waals surface area contributed by atoms with Crippen molar-refractivity contribution in [3.63, 3.8) is 0 Å². The number of pyridine rings is 1. The quantitative estimate of drug-likeness (QED) is 0.465. The first kappa shape index (κ1) is 20.4. The minimum atomic E-state index is -4.69. The number of nitrogens with zero attached hydrogens (tertiary/aromatic N) is 1. The molecule has 6 heteroatoms. The number of ether oxygens (including phenoxy) is 1. The zero-order valence-electron chi connectivity index (χ0n) is 16.7. The molecule has 148 valence electrons. The van der Waals surface area contributed by atoms with Crippen LogP contribution < -0.4 is 10.1 Å². The fraction of sp³-hybridized carbons (Fsp3) is 0.318. The van der Waals surface area contributed by atoms with Crippen molar-refractivity contribution < 1.29 is 17.9 Å². The molecule has 0 radical (unpaired) electrons. The van der Waals surface area contributed by atoms with Crippen molar-refractivity contribution >= 4 is 24.3 Å². The highest BCUT2D eigenvalue weighted by atomic mass is 28.3. The van der Waals surface area contributed by atoms with Crippen LogP contribution in [0.15, 0.2) is 54.6 Å². The van der Waals surface area contributed by atoms with Crippen LogP contribution in [-0.2, 0) is 0 Å². The molecular formula is C22H24F3NOSi. The highest BCUT2D eigenvalue weighted by Crippen LogP contribution is 2.37. The number of rotatable bonds is 3. The van der Waals surface area contributed by atoms with Gasteiger partial charge in [-0.3, -0.25) is 4.98 Å². The summed E-state index contributed by atoms with van der Waals surface area (Å²) >= 11 is 0. The topological polar surface area (TPSA) is 22.1 Å². The third kappa shape index (κ3) is 4.07. The Labute approximate surface area is 164 Å². The van der Waals surface area contributed by atoms with E-state index in [9.17, 15) is 13.2 Å². The third-order valence-electron chi connectivity index (χ3n) is 5.63. The molecule has 0 unspecified atom stereocenters. The molecule has 2 aromatic carbocycles. The lowest BCUT2D eigenvalue weighted by molar-refractivity contribution is -0.274. The van der Waals surface area contributed by atoms with Crippen molar-refractivity contribution in [2.45, 2.75) is 45.3 Å². The standard InChI is InChI=1S/C22H24F3NOSi/c1-21(2,3)28(4,5)20-14-18(17-8-6-7-9-19(17)26-20)15-10-12-16(13-11-15)27-22(23,24)25/h6-14H,1-5H3. The third-order valence-corrected chi connectivity index (χ3v) is 10.9. The second-order valence-corrected chi connectivity index (χ2v) is 13.8. The monoisotopic (exact) mass is 403 g/mol. The summed E-state index contributed by atoms with van der Waals surface area (Å²) in [4.78, 5) is 4.95. The maximum Gasteiger partial charge on any atom is 0.573 e. The van der Waals surface area contributed by atoms with Crippen LogP contribution in [0, 0.1) is 0 Å². The molecule has 0 aliphatic rings. The highest BCUT2D eigenvalue weighted by molar-refractivity contribution is 6.91. The molecule has 0 bridgehead atoms. The van der Waals surface area contributed by atoms with Crippen LogP contribution in [0.5, 0.6) is 5.75 Å². The second-order valence-electron chi connectivity index (χ2n) is 8.52. The van der Waals surface area contributed by atoms with E-state index in [2.05, 4.69) is 44.7 Å². The summed E-state index contributed by atoms with van der Waals surface area (Å²) in [6, 6.07) is 16.0. The van der Waals surface area contributed by atoms with Gasteiger partial charge in [0.25, 0.3) is 0 Å². The molecule has 3 aromatic rings. The average Bonchev–Trinajstić information content (AvgIpc) is 2.59. The van der Waals surface area contributed by atoms with Gasteiger partial charge in [-0.2, -0.15) is 0 Å². The van der Waals surface area contributed by atoms with E-state index >= 15 is 0 Å². The van der Waals surface area contributed by atoms with Gasteiger partial charge in [-0.25, -0.2) is 0 Å². The van der Waals surface area contributed by atoms with Crippen molar-refractivity contribution in [1.29, 1.82) is 0 Å². The number of benzene rings is 2. The summed E-state index contributed by atoms with van der Waals surface area (Å²) in [6.07, 6.45) is -4.69. The Morgan fingerprint density at radius 3 is 2.07 bits per heavy atom. The van der Waals surface area contributed by atoms with E-state index in [4.69, 9.17) is 4.98 Å². The maximum absolute atomic E-state index is 12.4. The van der Waals surface area contributed by atoms with Crippen molar-refractivity contribution in [3.05, 3.63) is 54.6 Å². The normalized spacial score (nSPS) is 13.0. The first-order valence-corrected chi connectivity index (χ1v) is 12.1. The molecule has 0 aliphatic heterocycles. The van der Waals surface area contributed by atoms with Gasteiger partial charge in [-0.1, -0.05) is 64.2 Å².